The standard InChI is InChI=1S/C37H58O5/c1-2-3-4-5-6-7-8-9-10-11-12-13-14-15-16-23-28-39-37-35(38)36(41-30-33-26-21-18-22-27-33)34(31-42-37)40-29-32-24-19-17-20-25-32/h17-22,24-27,34-38H,2-16,23,28-31H2,1H3/t34-,35?,36+,37?/m1/s1. The van der Waals surface area contributed by atoms with Crippen molar-refractivity contribution in [2.24, 2.45) is 0 Å². The molecule has 42 heavy (non-hydrogen) atoms. The quantitative estimate of drug-likeness (QED) is 0.125. The summed E-state index contributed by atoms with van der Waals surface area (Å²) in [5.41, 5.74) is 2.14. The molecule has 0 saturated carbocycles. The smallest absolute Gasteiger partial charge is 0.186 e. The Kier molecular flexibility index (Phi) is 18.8. The maximum absolute atomic E-state index is 11.2. The van der Waals surface area contributed by atoms with Gasteiger partial charge in [0.15, 0.2) is 6.29 Å². The lowest BCUT2D eigenvalue weighted by molar-refractivity contribution is -0.287. The lowest BCUT2D eigenvalue weighted by Crippen LogP contribution is -2.55. The zero-order chi connectivity index (χ0) is 29.5. The van der Waals surface area contributed by atoms with Crippen LogP contribution >= 0.6 is 0 Å². The third-order valence-electron chi connectivity index (χ3n) is 8.28. The number of aliphatic hydroxyl groups excluding tert-OH is 1. The van der Waals surface area contributed by atoms with Gasteiger partial charge in [-0.2, -0.15) is 0 Å². The molecule has 2 aromatic rings. The topological polar surface area (TPSA) is 57.2 Å². The molecular weight excluding hydrogens is 524 g/mol. The van der Waals surface area contributed by atoms with Gasteiger partial charge in [-0.1, -0.05) is 164 Å². The third-order valence-corrected chi connectivity index (χ3v) is 8.28. The van der Waals surface area contributed by atoms with Crippen molar-refractivity contribution in [3.8, 4) is 0 Å². The van der Waals surface area contributed by atoms with Crippen molar-refractivity contribution in [1.82, 2.24) is 0 Å². The first kappa shape index (κ1) is 34.7. The Hall–Kier alpha value is -1.76. The van der Waals surface area contributed by atoms with Crippen molar-refractivity contribution in [2.45, 2.75) is 147 Å². The highest BCUT2D eigenvalue weighted by molar-refractivity contribution is 5.14. The number of hydrogen-bond acceptors (Lipinski definition) is 5. The molecule has 1 heterocycles. The highest BCUT2D eigenvalue weighted by atomic mass is 16.7. The van der Waals surface area contributed by atoms with Crippen LogP contribution in [0.3, 0.4) is 0 Å². The molecule has 5 heteroatoms. The van der Waals surface area contributed by atoms with E-state index < -0.39 is 18.5 Å². The second-order valence-corrected chi connectivity index (χ2v) is 12.0. The normalized spacial score (nSPS) is 20.6. The summed E-state index contributed by atoms with van der Waals surface area (Å²) in [5.74, 6) is 0. The van der Waals surface area contributed by atoms with E-state index >= 15 is 0 Å². The van der Waals surface area contributed by atoms with E-state index in [1.807, 2.05) is 60.7 Å². The molecule has 1 saturated heterocycles. The molecule has 5 nitrogen and oxygen atoms in total. The molecule has 1 N–H and O–H groups in total. The Labute approximate surface area is 256 Å². The van der Waals surface area contributed by atoms with E-state index in [0.717, 1.165) is 24.0 Å². The predicted molar refractivity (Wildman–Crippen MR) is 171 cm³/mol. The van der Waals surface area contributed by atoms with Gasteiger partial charge in [-0.05, 0) is 17.5 Å². The van der Waals surface area contributed by atoms with Crippen molar-refractivity contribution in [3.63, 3.8) is 0 Å². The average molecular weight is 583 g/mol. The minimum absolute atomic E-state index is 0.326. The first-order valence-electron chi connectivity index (χ1n) is 17.0. The molecule has 0 aliphatic carbocycles. The molecule has 0 amide bonds. The molecule has 4 atom stereocenters. The second kappa shape index (κ2) is 22.7. The van der Waals surface area contributed by atoms with Gasteiger partial charge < -0.3 is 24.1 Å². The number of rotatable bonds is 24. The Morgan fingerprint density at radius 1 is 0.595 bits per heavy atom. The molecule has 2 unspecified atom stereocenters. The van der Waals surface area contributed by atoms with Crippen molar-refractivity contribution in [3.05, 3.63) is 71.8 Å². The average Bonchev–Trinajstić information content (AvgIpc) is 3.03. The summed E-state index contributed by atoms with van der Waals surface area (Å²) in [7, 11) is 0. The minimum atomic E-state index is -0.913. The Morgan fingerprint density at radius 3 is 1.55 bits per heavy atom. The van der Waals surface area contributed by atoms with Crippen LogP contribution in [-0.2, 0) is 32.2 Å². The van der Waals surface area contributed by atoms with E-state index in [1.54, 1.807) is 0 Å². The van der Waals surface area contributed by atoms with E-state index in [1.165, 1.54) is 89.9 Å². The third kappa shape index (κ3) is 14.6. The van der Waals surface area contributed by atoms with Crippen LogP contribution in [0.2, 0.25) is 0 Å². The second-order valence-electron chi connectivity index (χ2n) is 12.0. The summed E-state index contributed by atoms with van der Waals surface area (Å²) < 4.78 is 24.3. The number of unbranched alkanes of at least 4 members (excludes halogenated alkanes) is 15. The Morgan fingerprint density at radius 2 is 1.05 bits per heavy atom. The van der Waals surface area contributed by atoms with Crippen LogP contribution in [0.5, 0.6) is 0 Å². The van der Waals surface area contributed by atoms with Gasteiger partial charge in [0.1, 0.15) is 18.3 Å². The van der Waals surface area contributed by atoms with Gasteiger partial charge in [0.25, 0.3) is 0 Å². The molecule has 1 aliphatic heterocycles. The molecule has 0 spiro atoms. The van der Waals surface area contributed by atoms with Gasteiger partial charge in [-0.25, -0.2) is 0 Å². The van der Waals surface area contributed by atoms with Crippen molar-refractivity contribution in [1.29, 1.82) is 0 Å². The van der Waals surface area contributed by atoms with Crippen molar-refractivity contribution >= 4 is 0 Å². The molecule has 1 aliphatic rings. The van der Waals surface area contributed by atoms with E-state index in [0.29, 0.717) is 26.4 Å². The lowest BCUT2D eigenvalue weighted by atomic mass is 10.0. The largest absolute Gasteiger partial charge is 0.385 e. The van der Waals surface area contributed by atoms with Crippen LogP contribution in [0.25, 0.3) is 0 Å². The van der Waals surface area contributed by atoms with Gasteiger partial charge in [-0.3, -0.25) is 0 Å². The van der Waals surface area contributed by atoms with Crippen LogP contribution in [-0.4, -0.2) is 42.9 Å². The highest BCUT2D eigenvalue weighted by Crippen LogP contribution is 2.24. The van der Waals surface area contributed by atoms with Gasteiger partial charge in [-0.15, -0.1) is 0 Å². The van der Waals surface area contributed by atoms with Gasteiger partial charge in [0.05, 0.1) is 19.8 Å². The minimum Gasteiger partial charge on any atom is -0.385 e. The molecule has 0 aromatic heterocycles. The summed E-state index contributed by atoms with van der Waals surface area (Å²) in [6.45, 7) is 4.04. The zero-order valence-corrected chi connectivity index (χ0v) is 26.3. The lowest BCUT2D eigenvalue weighted by Gasteiger charge is -2.39. The van der Waals surface area contributed by atoms with Crippen LogP contribution < -0.4 is 0 Å². The first-order chi connectivity index (χ1) is 20.8. The Bertz CT molecular complexity index is 876. The number of hydrogen-bond donors (Lipinski definition) is 1. The summed E-state index contributed by atoms with van der Waals surface area (Å²) in [6.07, 6.45) is 19.0. The summed E-state index contributed by atoms with van der Waals surface area (Å²) in [4.78, 5) is 0. The van der Waals surface area contributed by atoms with E-state index in [2.05, 4.69) is 6.92 Å². The van der Waals surface area contributed by atoms with E-state index in [4.69, 9.17) is 18.9 Å². The fourth-order valence-electron chi connectivity index (χ4n) is 5.65. The summed E-state index contributed by atoms with van der Waals surface area (Å²) in [6, 6.07) is 20.1. The summed E-state index contributed by atoms with van der Waals surface area (Å²) >= 11 is 0. The number of aliphatic hydroxyl groups is 1. The molecule has 1 fully saturated rings. The molecule has 0 bridgehead atoms. The predicted octanol–water partition coefficient (Wildman–Crippen LogP) is 9.15. The number of benzene rings is 2. The van der Waals surface area contributed by atoms with Gasteiger partial charge >= 0.3 is 0 Å². The maximum Gasteiger partial charge on any atom is 0.186 e. The molecule has 0 radical (unpaired) electrons. The van der Waals surface area contributed by atoms with Crippen LogP contribution in [0.4, 0.5) is 0 Å². The number of ether oxygens (including phenoxy) is 4. The van der Waals surface area contributed by atoms with Crippen LogP contribution in [0, 0.1) is 0 Å². The molecule has 236 valence electrons. The van der Waals surface area contributed by atoms with Crippen LogP contribution in [0.1, 0.15) is 121 Å². The molecule has 2 aromatic carbocycles. The first-order valence-corrected chi connectivity index (χ1v) is 17.0. The molecule has 3 rings (SSSR count). The van der Waals surface area contributed by atoms with E-state index in [-0.39, 0.29) is 6.10 Å². The van der Waals surface area contributed by atoms with Crippen LogP contribution in [0.15, 0.2) is 60.7 Å². The van der Waals surface area contributed by atoms with E-state index in [9.17, 15) is 5.11 Å². The SMILES string of the molecule is CCCCCCCCCCCCCCCCCCOC1OC[C@@H](OCc2ccccc2)[C@H](OCc2ccccc2)C1O. The molecular formula is C37H58O5. The van der Waals surface area contributed by atoms with Gasteiger partial charge in [0, 0.05) is 6.61 Å². The van der Waals surface area contributed by atoms with Gasteiger partial charge in [0.2, 0.25) is 0 Å². The monoisotopic (exact) mass is 582 g/mol. The maximum atomic E-state index is 11.2. The summed E-state index contributed by atoms with van der Waals surface area (Å²) in [5, 5.41) is 11.2. The highest BCUT2D eigenvalue weighted by Gasteiger charge is 2.41. The fourth-order valence-corrected chi connectivity index (χ4v) is 5.65. The Balaban J connectivity index is 1.25. The van der Waals surface area contributed by atoms with Crippen molar-refractivity contribution < 1.29 is 24.1 Å². The fraction of sp³-hybridized carbons (Fsp3) is 0.676. The zero-order valence-electron chi connectivity index (χ0n) is 26.3. The van der Waals surface area contributed by atoms with Crippen molar-refractivity contribution in [2.75, 3.05) is 13.2 Å².